The summed E-state index contributed by atoms with van der Waals surface area (Å²) in [6, 6.07) is 11.1. The Bertz CT molecular complexity index is 1190. The van der Waals surface area contributed by atoms with Crippen molar-refractivity contribution in [2.75, 3.05) is 30.3 Å². The fraction of sp³-hybridized carbons (Fsp3) is 0.481. The van der Waals surface area contributed by atoms with Crippen molar-refractivity contribution < 1.29 is 22.7 Å². The van der Waals surface area contributed by atoms with Crippen LogP contribution in [0.4, 0.5) is 5.69 Å². The van der Waals surface area contributed by atoms with Crippen LogP contribution >= 0.6 is 23.2 Å². The van der Waals surface area contributed by atoms with E-state index in [4.69, 9.17) is 27.9 Å². The van der Waals surface area contributed by atoms with Crippen molar-refractivity contribution in [3.63, 3.8) is 0 Å². The van der Waals surface area contributed by atoms with Gasteiger partial charge in [-0.05, 0) is 68.1 Å². The molecule has 2 amide bonds. The minimum absolute atomic E-state index is 0.0478. The second-order valence-corrected chi connectivity index (χ2v) is 12.2. The Balaban J connectivity index is 2.17. The number of amides is 2. The lowest BCUT2D eigenvalue weighted by Gasteiger charge is -2.30. The maximum absolute atomic E-state index is 13.4. The number of hydrogen-bond donors (Lipinski definition) is 1. The largest absolute Gasteiger partial charge is 0.494 e. The predicted octanol–water partition coefficient (Wildman–Crippen LogP) is 5.13. The van der Waals surface area contributed by atoms with Crippen molar-refractivity contribution in [1.82, 2.24) is 10.2 Å². The Labute approximate surface area is 236 Å². The van der Waals surface area contributed by atoms with Crippen LogP contribution in [0.5, 0.6) is 5.75 Å². The average Bonchev–Trinajstić information content (AvgIpc) is 2.85. The van der Waals surface area contributed by atoms with E-state index in [2.05, 4.69) is 5.32 Å². The molecule has 0 aliphatic carbocycles. The van der Waals surface area contributed by atoms with Gasteiger partial charge < -0.3 is 15.0 Å². The van der Waals surface area contributed by atoms with Crippen molar-refractivity contribution in [2.45, 2.75) is 53.1 Å². The average molecular weight is 587 g/mol. The standard InChI is InChI=1S/C27H37Cl2N3O5S/c1-6-37-23-12-10-22(11-13-23)32(38(5,35)36)15-7-8-26(33)31(20(4)27(34)30-17-19(2)3)18-21-9-14-24(28)25(29)16-21/h9-14,16,19-20H,6-8,15,17-18H2,1-5H3,(H,30,34). The minimum Gasteiger partial charge on any atom is -0.494 e. The zero-order valence-electron chi connectivity index (χ0n) is 22.5. The van der Waals surface area contributed by atoms with Crippen molar-refractivity contribution in [2.24, 2.45) is 5.92 Å². The highest BCUT2D eigenvalue weighted by Crippen LogP contribution is 2.25. The summed E-state index contributed by atoms with van der Waals surface area (Å²) in [5.41, 5.74) is 1.21. The topological polar surface area (TPSA) is 96.0 Å². The molecule has 2 rings (SSSR count). The fourth-order valence-corrected chi connectivity index (χ4v) is 5.04. The summed E-state index contributed by atoms with van der Waals surface area (Å²) in [4.78, 5) is 27.7. The second-order valence-electron chi connectivity index (χ2n) is 9.45. The number of carbonyl (C=O) groups is 2. The molecule has 0 aliphatic heterocycles. The van der Waals surface area contributed by atoms with Crippen LogP contribution in [-0.2, 0) is 26.2 Å². The van der Waals surface area contributed by atoms with Gasteiger partial charge in [0.1, 0.15) is 11.8 Å². The van der Waals surface area contributed by atoms with Crippen LogP contribution < -0.4 is 14.4 Å². The number of rotatable bonds is 14. The Hall–Kier alpha value is -2.49. The molecule has 0 aliphatic rings. The van der Waals surface area contributed by atoms with Crippen LogP contribution in [0, 0.1) is 5.92 Å². The van der Waals surface area contributed by atoms with Crippen LogP contribution in [-0.4, -0.2) is 57.1 Å². The molecule has 0 bridgehead atoms. The first-order chi connectivity index (χ1) is 17.8. The summed E-state index contributed by atoms with van der Waals surface area (Å²) in [6.07, 6.45) is 1.44. The van der Waals surface area contributed by atoms with E-state index in [9.17, 15) is 18.0 Å². The summed E-state index contributed by atoms with van der Waals surface area (Å²) < 4.78 is 31.7. The first-order valence-corrected chi connectivity index (χ1v) is 15.2. The van der Waals surface area contributed by atoms with Gasteiger partial charge in [-0.3, -0.25) is 13.9 Å². The van der Waals surface area contributed by atoms with Gasteiger partial charge in [-0.2, -0.15) is 0 Å². The molecule has 2 aromatic rings. The molecule has 0 aromatic heterocycles. The molecule has 0 saturated heterocycles. The molecule has 0 spiro atoms. The lowest BCUT2D eigenvalue weighted by Crippen LogP contribution is -2.48. The molecule has 11 heteroatoms. The summed E-state index contributed by atoms with van der Waals surface area (Å²) in [6.45, 7) is 8.77. The zero-order valence-corrected chi connectivity index (χ0v) is 24.9. The monoisotopic (exact) mass is 585 g/mol. The quantitative estimate of drug-likeness (QED) is 0.331. The predicted molar refractivity (Wildman–Crippen MR) is 153 cm³/mol. The van der Waals surface area contributed by atoms with E-state index in [1.807, 2.05) is 20.8 Å². The van der Waals surface area contributed by atoms with Crippen LogP contribution in [0.15, 0.2) is 42.5 Å². The number of carbonyl (C=O) groups excluding carboxylic acids is 2. The summed E-state index contributed by atoms with van der Waals surface area (Å²) in [7, 11) is -3.59. The molecule has 0 heterocycles. The number of nitrogens with one attached hydrogen (secondary N) is 1. The van der Waals surface area contributed by atoms with Crippen molar-refractivity contribution in [1.29, 1.82) is 0 Å². The van der Waals surface area contributed by atoms with E-state index in [0.717, 1.165) is 11.8 Å². The molecule has 210 valence electrons. The highest BCUT2D eigenvalue weighted by atomic mass is 35.5. The van der Waals surface area contributed by atoms with Gasteiger partial charge in [0, 0.05) is 26.1 Å². The van der Waals surface area contributed by atoms with Crippen LogP contribution in [0.2, 0.25) is 10.0 Å². The molecule has 8 nitrogen and oxygen atoms in total. The number of benzene rings is 2. The first-order valence-electron chi connectivity index (χ1n) is 12.5. The number of ether oxygens (including phenoxy) is 1. The lowest BCUT2D eigenvalue weighted by molar-refractivity contribution is -0.140. The van der Waals surface area contributed by atoms with Crippen LogP contribution in [0.3, 0.4) is 0 Å². The first kappa shape index (κ1) is 31.7. The van der Waals surface area contributed by atoms with Gasteiger partial charge in [-0.1, -0.05) is 43.1 Å². The van der Waals surface area contributed by atoms with E-state index in [1.165, 1.54) is 9.21 Å². The Morgan fingerprint density at radius 2 is 1.68 bits per heavy atom. The van der Waals surface area contributed by atoms with Crippen molar-refractivity contribution in [3.05, 3.63) is 58.1 Å². The molecule has 0 fully saturated rings. The number of halogens is 2. The van der Waals surface area contributed by atoms with Crippen LogP contribution in [0.25, 0.3) is 0 Å². The number of anilines is 1. The van der Waals surface area contributed by atoms with E-state index in [0.29, 0.717) is 34.6 Å². The maximum Gasteiger partial charge on any atom is 0.242 e. The van der Waals surface area contributed by atoms with Gasteiger partial charge in [0.15, 0.2) is 0 Å². The molecular formula is C27H37Cl2N3O5S. The van der Waals surface area contributed by atoms with Gasteiger partial charge in [-0.25, -0.2) is 8.42 Å². The molecule has 2 aromatic carbocycles. The third-order valence-electron chi connectivity index (χ3n) is 5.78. The molecule has 0 radical (unpaired) electrons. The summed E-state index contributed by atoms with van der Waals surface area (Å²) in [5, 5.41) is 3.62. The fourth-order valence-electron chi connectivity index (χ4n) is 3.75. The number of sulfonamides is 1. The Morgan fingerprint density at radius 3 is 2.24 bits per heavy atom. The minimum atomic E-state index is -3.59. The Kier molecular flexibility index (Phi) is 12.2. The van der Waals surface area contributed by atoms with E-state index >= 15 is 0 Å². The SMILES string of the molecule is CCOc1ccc(N(CCCC(=O)N(Cc2ccc(Cl)c(Cl)c2)C(C)C(=O)NCC(C)C)S(C)(=O)=O)cc1. The second kappa shape index (κ2) is 14.6. The van der Waals surface area contributed by atoms with E-state index in [1.54, 1.807) is 49.4 Å². The zero-order chi connectivity index (χ0) is 28.5. The molecule has 38 heavy (non-hydrogen) atoms. The molecular weight excluding hydrogens is 549 g/mol. The molecule has 1 unspecified atom stereocenters. The van der Waals surface area contributed by atoms with E-state index < -0.39 is 16.1 Å². The Morgan fingerprint density at radius 1 is 1.03 bits per heavy atom. The van der Waals surface area contributed by atoms with Gasteiger partial charge >= 0.3 is 0 Å². The highest BCUT2D eigenvalue weighted by molar-refractivity contribution is 7.92. The lowest BCUT2D eigenvalue weighted by atomic mass is 10.1. The number of nitrogens with zero attached hydrogens (tertiary/aromatic N) is 2. The summed E-state index contributed by atoms with van der Waals surface area (Å²) >= 11 is 12.2. The van der Waals surface area contributed by atoms with Gasteiger partial charge in [0.2, 0.25) is 21.8 Å². The van der Waals surface area contributed by atoms with Gasteiger partial charge in [0.25, 0.3) is 0 Å². The molecule has 1 N–H and O–H groups in total. The van der Waals surface area contributed by atoms with E-state index in [-0.39, 0.29) is 43.7 Å². The third-order valence-corrected chi connectivity index (χ3v) is 7.71. The smallest absolute Gasteiger partial charge is 0.242 e. The molecule has 1 atom stereocenters. The van der Waals surface area contributed by atoms with Gasteiger partial charge in [0.05, 0.1) is 28.6 Å². The van der Waals surface area contributed by atoms with Crippen molar-refractivity contribution in [3.8, 4) is 5.75 Å². The summed E-state index contributed by atoms with van der Waals surface area (Å²) in [5.74, 6) is 0.361. The molecule has 0 saturated carbocycles. The number of hydrogen-bond acceptors (Lipinski definition) is 5. The van der Waals surface area contributed by atoms with Crippen LogP contribution in [0.1, 0.15) is 46.1 Å². The van der Waals surface area contributed by atoms with Gasteiger partial charge in [-0.15, -0.1) is 0 Å². The third kappa shape index (κ3) is 9.67. The maximum atomic E-state index is 13.4. The normalized spacial score (nSPS) is 12.2. The van der Waals surface area contributed by atoms with Crippen molar-refractivity contribution >= 4 is 50.7 Å². The highest BCUT2D eigenvalue weighted by Gasteiger charge is 2.27.